The van der Waals surface area contributed by atoms with Crippen LogP contribution in [0.2, 0.25) is 0 Å². The van der Waals surface area contributed by atoms with Crippen LogP contribution in [-0.4, -0.2) is 5.91 Å². The minimum Gasteiger partial charge on any atom is -0.467 e. The summed E-state index contributed by atoms with van der Waals surface area (Å²) in [5.74, 6) is 1.33. The Morgan fingerprint density at radius 2 is 2.53 bits per heavy atom. The Balaban J connectivity index is 1.70. The van der Waals surface area contributed by atoms with Crippen molar-refractivity contribution in [2.75, 3.05) is 0 Å². The van der Waals surface area contributed by atoms with Gasteiger partial charge in [0.15, 0.2) is 0 Å². The number of hydrogen-bond acceptors (Lipinski definition) is 2. The lowest BCUT2D eigenvalue weighted by Crippen LogP contribution is -2.24. The molecule has 0 saturated heterocycles. The van der Waals surface area contributed by atoms with Crippen molar-refractivity contribution in [3.63, 3.8) is 0 Å². The van der Waals surface area contributed by atoms with Crippen LogP contribution < -0.4 is 5.32 Å². The molecule has 3 nitrogen and oxygen atoms in total. The van der Waals surface area contributed by atoms with Gasteiger partial charge in [-0.3, -0.25) is 4.79 Å². The summed E-state index contributed by atoms with van der Waals surface area (Å²) >= 11 is 0. The lowest BCUT2D eigenvalue weighted by molar-refractivity contribution is -0.121. The maximum absolute atomic E-state index is 11.5. The SMILES string of the molecule is O=C(C[C@H]1C=CCC1)NCc1ccco1. The normalized spacial score (nSPS) is 19.3. The van der Waals surface area contributed by atoms with Gasteiger partial charge in [0, 0.05) is 6.42 Å². The molecule has 1 aliphatic carbocycles. The van der Waals surface area contributed by atoms with Crippen LogP contribution >= 0.6 is 0 Å². The predicted octanol–water partition coefficient (Wildman–Crippen LogP) is 2.25. The summed E-state index contributed by atoms with van der Waals surface area (Å²) < 4.78 is 5.13. The van der Waals surface area contributed by atoms with E-state index in [4.69, 9.17) is 4.42 Å². The predicted molar refractivity (Wildman–Crippen MR) is 57.0 cm³/mol. The van der Waals surface area contributed by atoms with Gasteiger partial charge in [-0.1, -0.05) is 12.2 Å². The van der Waals surface area contributed by atoms with Gasteiger partial charge in [0.1, 0.15) is 5.76 Å². The molecule has 3 heteroatoms. The van der Waals surface area contributed by atoms with Crippen LogP contribution in [0.3, 0.4) is 0 Å². The van der Waals surface area contributed by atoms with Gasteiger partial charge < -0.3 is 9.73 Å². The summed E-state index contributed by atoms with van der Waals surface area (Å²) in [6.45, 7) is 0.488. The van der Waals surface area contributed by atoms with Crippen LogP contribution in [0.15, 0.2) is 35.0 Å². The van der Waals surface area contributed by atoms with E-state index in [2.05, 4.69) is 17.5 Å². The second-order valence-corrected chi connectivity index (χ2v) is 3.83. The molecule has 0 aliphatic heterocycles. The van der Waals surface area contributed by atoms with E-state index in [1.165, 1.54) is 0 Å². The highest BCUT2D eigenvalue weighted by molar-refractivity contribution is 5.76. The van der Waals surface area contributed by atoms with Crippen molar-refractivity contribution in [3.8, 4) is 0 Å². The molecule has 1 atom stereocenters. The molecule has 0 unspecified atom stereocenters. The molecule has 1 aromatic heterocycles. The van der Waals surface area contributed by atoms with Crippen LogP contribution in [0.25, 0.3) is 0 Å². The molecular formula is C12H15NO2. The fourth-order valence-electron chi connectivity index (χ4n) is 1.77. The van der Waals surface area contributed by atoms with E-state index in [1.54, 1.807) is 6.26 Å². The fourth-order valence-corrected chi connectivity index (χ4v) is 1.77. The monoisotopic (exact) mass is 205 g/mol. The van der Waals surface area contributed by atoms with Gasteiger partial charge in [0.2, 0.25) is 5.91 Å². The van der Waals surface area contributed by atoms with E-state index >= 15 is 0 Å². The van der Waals surface area contributed by atoms with E-state index in [9.17, 15) is 4.79 Å². The summed E-state index contributed by atoms with van der Waals surface area (Å²) in [6, 6.07) is 3.68. The Bertz CT molecular complexity index is 341. The Kier molecular flexibility index (Phi) is 3.22. The molecule has 1 heterocycles. The lowest BCUT2D eigenvalue weighted by atomic mass is 10.1. The zero-order valence-corrected chi connectivity index (χ0v) is 8.61. The highest BCUT2D eigenvalue weighted by atomic mass is 16.3. The average Bonchev–Trinajstić information content (AvgIpc) is 2.86. The first kappa shape index (κ1) is 10.0. The molecule has 0 bridgehead atoms. The minimum atomic E-state index is 0.1000. The molecule has 80 valence electrons. The largest absolute Gasteiger partial charge is 0.467 e. The number of carbonyl (C=O) groups excluding carboxylic acids is 1. The Morgan fingerprint density at radius 3 is 3.20 bits per heavy atom. The van der Waals surface area contributed by atoms with Gasteiger partial charge in [-0.25, -0.2) is 0 Å². The summed E-state index contributed by atoms with van der Waals surface area (Å²) in [7, 11) is 0. The van der Waals surface area contributed by atoms with Gasteiger partial charge in [-0.15, -0.1) is 0 Å². The average molecular weight is 205 g/mol. The van der Waals surface area contributed by atoms with Gasteiger partial charge >= 0.3 is 0 Å². The maximum atomic E-state index is 11.5. The smallest absolute Gasteiger partial charge is 0.220 e. The molecule has 0 spiro atoms. The zero-order valence-electron chi connectivity index (χ0n) is 8.61. The van der Waals surface area contributed by atoms with E-state index in [0.717, 1.165) is 18.6 Å². The highest BCUT2D eigenvalue weighted by Gasteiger charge is 2.13. The third-order valence-electron chi connectivity index (χ3n) is 2.60. The Hall–Kier alpha value is -1.51. The quantitative estimate of drug-likeness (QED) is 0.766. The van der Waals surface area contributed by atoms with Crippen molar-refractivity contribution >= 4 is 5.91 Å². The van der Waals surface area contributed by atoms with Crippen molar-refractivity contribution in [2.24, 2.45) is 5.92 Å². The van der Waals surface area contributed by atoms with Crippen LogP contribution in [0.1, 0.15) is 25.0 Å². The van der Waals surface area contributed by atoms with E-state index in [0.29, 0.717) is 18.9 Å². The van der Waals surface area contributed by atoms with Gasteiger partial charge in [0.05, 0.1) is 12.8 Å². The number of carbonyl (C=O) groups is 1. The molecule has 1 N–H and O–H groups in total. The zero-order chi connectivity index (χ0) is 10.5. The molecule has 1 aliphatic rings. The van der Waals surface area contributed by atoms with Crippen molar-refractivity contribution in [2.45, 2.75) is 25.8 Å². The van der Waals surface area contributed by atoms with E-state index in [1.807, 2.05) is 12.1 Å². The second-order valence-electron chi connectivity index (χ2n) is 3.83. The Labute approximate surface area is 89.2 Å². The first-order valence-electron chi connectivity index (χ1n) is 5.30. The number of amides is 1. The second kappa shape index (κ2) is 4.82. The molecule has 2 rings (SSSR count). The standard InChI is InChI=1S/C12H15NO2/c14-12(8-10-4-1-2-5-10)13-9-11-6-3-7-15-11/h1,3-4,6-7,10H,2,5,8-9H2,(H,13,14)/t10-/m0/s1. The molecule has 1 aromatic rings. The third kappa shape index (κ3) is 2.98. The third-order valence-corrected chi connectivity index (χ3v) is 2.60. The van der Waals surface area contributed by atoms with Crippen LogP contribution in [0.4, 0.5) is 0 Å². The van der Waals surface area contributed by atoms with Crippen LogP contribution in [0.5, 0.6) is 0 Å². The molecule has 1 amide bonds. The first-order chi connectivity index (χ1) is 7.34. The minimum absolute atomic E-state index is 0.1000. The first-order valence-corrected chi connectivity index (χ1v) is 5.30. The number of rotatable bonds is 4. The van der Waals surface area contributed by atoms with Crippen molar-refractivity contribution < 1.29 is 9.21 Å². The highest BCUT2D eigenvalue weighted by Crippen LogP contribution is 2.19. The summed E-state index contributed by atoms with van der Waals surface area (Å²) in [4.78, 5) is 11.5. The van der Waals surface area contributed by atoms with E-state index < -0.39 is 0 Å². The number of furan rings is 1. The summed E-state index contributed by atoms with van der Waals surface area (Å²) in [5.41, 5.74) is 0. The number of allylic oxidation sites excluding steroid dienone is 2. The van der Waals surface area contributed by atoms with Crippen molar-refractivity contribution in [1.29, 1.82) is 0 Å². The molecular weight excluding hydrogens is 190 g/mol. The van der Waals surface area contributed by atoms with Crippen molar-refractivity contribution in [1.82, 2.24) is 5.32 Å². The van der Waals surface area contributed by atoms with Gasteiger partial charge in [0.25, 0.3) is 0 Å². The number of hydrogen-bond donors (Lipinski definition) is 1. The van der Waals surface area contributed by atoms with Crippen LogP contribution in [0, 0.1) is 5.92 Å². The van der Waals surface area contributed by atoms with Gasteiger partial charge in [-0.05, 0) is 30.9 Å². The summed E-state index contributed by atoms with van der Waals surface area (Å²) in [5, 5.41) is 2.85. The Morgan fingerprint density at radius 1 is 1.60 bits per heavy atom. The molecule has 0 saturated carbocycles. The summed E-state index contributed by atoms with van der Waals surface area (Å²) in [6.07, 6.45) is 8.69. The van der Waals surface area contributed by atoms with Gasteiger partial charge in [-0.2, -0.15) is 0 Å². The van der Waals surface area contributed by atoms with Crippen molar-refractivity contribution in [3.05, 3.63) is 36.3 Å². The molecule has 0 fully saturated rings. The topological polar surface area (TPSA) is 42.2 Å². The fraction of sp³-hybridized carbons (Fsp3) is 0.417. The van der Waals surface area contributed by atoms with Crippen LogP contribution in [-0.2, 0) is 11.3 Å². The van der Waals surface area contributed by atoms with E-state index in [-0.39, 0.29) is 5.91 Å². The lowest BCUT2D eigenvalue weighted by Gasteiger charge is -2.07. The molecule has 15 heavy (non-hydrogen) atoms. The molecule has 0 radical (unpaired) electrons. The maximum Gasteiger partial charge on any atom is 0.220 e. The number of nitrogens with one attached hydrogen (secondary N) is 1. The molecule has 0 aromatic carbocycles.